The highest BCUT2D eigenvalue weighted by Gasteiger charge is 1.96. The molecule has 0 aromatic rings. The van der Waals surface area contributed by atoms with Gasteiger partial charge in [-0.05, 0) is 19.9 Å². The lowest BCUT2D eigenvalue weighted by molar-refractivity contribution is -0.116. The maximum absolute atomic E-state index is 10.6. The second-order valence-corrected chi connectivity index (χ2v) is 2.09. The third-order valence-electron chi connectivity index (χ3n) is 0.890. The number of carbonyl (C=O) groups excluding carboxylic acids is 1. The molecule has 10 heavy (non-hydrogen) atoms. The highest BCUT2D eigenvalue weighted by Crippen LogP contribution is 1.76. The minimum atomic E-state index is -0.478. The zero-order valence-electron chi connectivity index (χ0n) is 6.29. The highest BCUT2D eigenvalue weighted by molar-refractivity contribution is 5.87. The number of nitrogens with one attached hydrogen (secondary N) is 1. The van der Waals surface area contributed by atoms with Gasteiger partial charge in [0.2, 0.25) is 5.91 Å². The summed E-state index contributed by atoms with van der Waals surface area (Å²) in [4.78, 5) is 10.6. The third kappa shape index (κ3) is 5.31. The van der Waals surface area contributed by atoms with E-state index in [4.69, 9.17) is 5.11 Å². The molecule has 1 unspecified atom stereocenters. The van der Waals surface area contributed by atoms with Crippen LogP contribution >= 0.6 is 0 Å². The van der Waals surface area contributed by atoms with Crippen LogP contribution in [0.25, 0.3) is 0 Å². The molecule has 1 atom stereocenters. The quantitative estimate of drug-likeness (QED) is 0.549. The van der Waals surface area contributed by atoms with Crippen molar-refractivity contribution in [3.8, 4) is 0 Å². The molecule has 0 rings (SSSR count). The molecule has 0 fully saturated rings. The average molecular weight is 143 g/mol. The summed E-state index contributed by atoms with van der Waals surface area (Å²) in [5, 5.41) is 11.2. The van der Waals surface area contributed by atoms with E-state index in [0.29, 0.717) is 6.54 Å². The minimum Gasteiger partial charge on any atom is -0.392 e. The fourth-order valence-electron chi connectivity index (χ4n) is 0.459. The Bertz CT molecular complexity index is 130. The fraction of sp³-hybridized carbons (Fsp3) is 0.571. The predicted octanol–water partition coefficient (Wildman–Crippen LogP) is 0.0595. The molecule has 58 valence electrons. The van der Waals surface area contributed by atoms with Crippen LogP contribution in [0.5, 0.6) is 0 Å². The van der Waals surface area contributed by atoms with E-state index in [2.05, 4.69) is 5.32 Å². The molecule has 0 aliphatic heterocycles. The zero-order valence-corrected chi connectivity index (χ0v) is 6.29. The van der Waals surface area contributed by atoms with Crippen LogP contribution < -0.4 is 5.32 Å². The van der Waals surface area contributed by atoms with Gasteiger partial charge >= 0.3 is 0 Å². The summed E-state index contributed by atoms with van der Waals surface area (Å²) >= 11 is 0. The van der Waals surface area contributed by atoms with Crippen molar-refractivity contribution in [2.45, 2.75) is 20.0 Å². The molecule has 2 N–H and O–H groups in total. The monoisotopic (exact) mass is 143 g/mol. The molecule has 0 aliphatic carbocycles. The van der Waals surface area contributed by atoms with E-state index in [1.54, 1.807) is 19.9 Å². The van der Waals surface area contributed by atoms with Gasteiger partial charge in [-0.3, -0.25) is 4.79 Å². The normalized spacial score (nSPS) is 13.5. The SMILES string of the molecule is CC=CC(=O)NCC(C)O. The molecule has 0 saturated heterocycles. The summed E-state index contributed by atoms with van der Waals surface area (Å²) in [5.41, 5.74) is 0. The summed E-state index contributed by atoms with van der Waals surface area (Å²) in [6, 6.07) is 0. The zero-order chi connectivity index (χ0) is 7.98. The van der Waals surface area contributed by atoms with E-state index in [-0.39, 0.29) is 5.91 Å². The maximum atomic E-state index is 10.6. The number of hydrogen-bond donors (Lipinski definition) is 2. The van der Waals surface area contributed by atoms with Gasteiger partial charge in [-0.15, -0.1) is 0 Å². The van der Waals surface area contributed by atoms with Crippen LogP contribution in [0, 0.1) is 0 Å². The third-order valence-corrected chi connectivity index (χ3v) is 0.890. The van der Waals surface area contributed by atoms with E-state index in [1.807, 2.05) is 0 Å². The maximum Gasteiger partial charge on any atom is 0.243 e. The van der Waals surface area contributed by atoms with Crippen molar-refractivity contribution >= 4 is 5.91 Å². The van der Waals surface area contributed by atoms with Gasteiger partial charge < -0.3 is 10.4 Å². The Hall–Kier alpha value is -0.830. The second kappa shape index (κ2) is 4.99. The van der Waals surface area contributed by atoms with E-state index in [1.165, 1.54) is 6.08 Å². The first kappa shape index (κ1) is 9.17. The summed E-state index contributed by atoms with van der Waals surface area (Å²) in [5.74, 6) is -0.164. The number of aliphatic hydroxyl groups is 1. The molecule has 3 nitrogen and oxygen atoms in total. The van der Waals surface area contributed by atoms with Crippen LogP contribution in [0.3, 0.4) is 0 Å². The van der Waals surface area contributed by atoms with Crippen LogP contribution in [-0.2, 0) is 4.79 Å². The molecule has 1 amide bonds. The lowest BCUT2D eigenvalue weighted by atomic mass is 10.4. The second-order valence-electron chi connectivity index (χ2n) is 2.09. The smallest absolute Gasteiger partial charge is 0.243 e. The number of rotatable bonds is 3. The fourth-order valence-corrected chi connectivity index (χ4v) is 0.459. The molecule has 0 aliphatic rings. The van der Waals surface area contributed by atoms with Crippen molar-refractivity contribution in [1.82, 2.24) is 5.32 Å². The highest BCUT2D eigenvalue weighted by atomic mass is 16.3. The van der Waals surface area contributed by atoms with Gasteiger partial charge in [-0.25, -0.2) is 0 Å². The standard InChI is InChI=1S/C7H13NO2/c1-3-4-7(10)8-5-6(2)9/h3-4,6,9H,5H2,1-2H3,(H,8,10). The Morgan fingerprint density at radius 3 is 2.80 bits per heavy atom. The topological polar surface area (TPSA) is 49.3 Å². The lowest BCUT2D eigenvalue weighted by Gasteiger charge is -2.02. The van der Waals surface area contributed by atoms with Crippen LogP contribution in [0.4, 0.5) is 0 Å². The van der Waals surface area contributed by atoms with Crippen molar-refractivity contribution in [3.63, 3.8) is 0 Å². The van der Waals surface area contributed by atoms with Crippen molar-refractivity contribution < 1.29 is 9.90 Å². The number of hydrogen-bond acceptors (Lipinski definition) is 2. The van der Waals surface area contributed by atoms with Crippen molar-refractivity contribution in [2.24, 2.45) is 0 Å². The number of aliphatic hydroxyl groups excluding tert-OH is 1. The Morgan fingerprint density at radius 1 is 1.80 bits per heavy atom. The Kier molecular flexibility index (Phi) is 4.58. The predicted molar refractivity (Wildman–Crippen MR) is 39.5 cm³/mol. The molecule has 0 radical (unpaired) electrons. The van der Waals surface area contributed by atoms with E-state index < -0.39 is 6.10 Å². The van der Waals surface area contributed by atoms with Crippen molar-refractivity contribution in [2.75, 3.05) is 6.54 Å². The summed E-state index contributed by atoms with van der Waals surface area (Å²) in [7, 11) is 0. The van der Waals surface area contributed by atoms with Crippen LogP contribution in [0.2, 0.25) is 0 Å². The van der Waals surface area contributed by atoms with Gasteiger partial charge in [0.05, 0.1) is 6.10 Å². The lowest BCUT2D eigenvalue weighted by Crippen LogP contribution is -2.28. The van der Waals surface area contributed by atoms with Gasteiger partial charge in [-0.2, -0.15) is 0 Å². The van der Waals surface area contributed by atoms with Gasteiger partial charge in [0.25, 0.3) is 0 Å². The minimum absolute atomic E-state index is 0.164. The first-order valence-corrected chi connectivity index (χ1v) is 3.25. The van der Waals surface area contributed by atoms with E-state index >= 15 is 0 Å². The van der Waals surface area contributed by atoms with Gasteiger partial charge in [0.1, 0.15) is 0 Å². The molecule has 0 aromatic heterocycles. The van der Waals surface area contributed by atoms with Gasteiger partial charge in [0.15, 0.2) is 0 Å². The van der Waals surface area contributed by atoms with Crippen LogP contribution in [0.1, 0.15) is 13.8 Å². The van der Waals surface area contributed by atoms with E-state index in [0.717, 1.165) is 0 Å². The largest absolute Gasteiger partial charge is 0.392 e. The van der Waals surface area contributed by atoms with Crippen LogP contribution in [-0.4, -0.2) is 23.7 Å². The summed E-state index contributed by atoms with van der Waals surface area (Å²) < 4.78 is 0. The van der Waals surface area contributed by atoms with Gasteiger partial charge in [-0.1, -0.05) is 6.08 Å². The van der Waals surface area contributed by atoms with Crippen molar-refractivity contribution in [1.29, 1.82) is 0 Å². The molecule has 0 aromatic carbocycles. The van der Waals surface area contributed by atoms with Crippen LogP contribution in [0.15, 0.2) is 12.2 Å². The molecular formula is C7H13NO2. The molecule has 0 saturated carbocycles. The Morgan fingerprint density at radius 2 is 2.40 bits per heavy atom. The average Bonchev–Trinajstić information content (AvgIpc) is 1.85. The first-order chi connectivity index (χ1) is 4.66. The number of amides is 1. The Balaban J connectivity index is 3.40. The molecule has 0 bridgehead atoms. The summed E-state index contributed by atoms with van der Waals surface area (Å²) in [6.07, 6.45) is 2.59. The summed E-state index contributed by atoms with van der Waals surface area (Å²) in [6.45, 7) is 3.70. The Labute approximate surface area is 60.7 Å². The number of carbonyl (C=O) groups is 1. The molecular weight excluding hydrogens is 130 g/mol. The van der Waals surface area contributed by atoms with Crippen molar-refractivity contribution in [3.05, 3.63) is 12.2 Å². The number of allylic oxidation sites excluding steroid dienone is 1. The molecule has 0 heterocycles. The molecule has 3 heteroatoms. The van der Waals surface area contributed by atoms with E-state index in [9.17, 15) is 4.79 Å². The molecule has 0 spiro atoms. The first-order valence-electron chi connectivity index (χ1n) is 3.25. The van der Waals surface area contributed by atoms with Gasteiger partial charge in [0, 0.05) is 6.54 Å².